The first-order valence-corrected chi connectivity index (χ1v) is 10.9. The van der Waals surface area contributed by atoms with Crippen LogP contribution in [-0.4, -0.2) is 44.0 Å². The van der Waals surface area contributed by atoms with Gasteiger partial charge >= 0.3 is 5.97 Å². The SMILES string of the molecule is CC(C)(C)OC(=O)CCc1cccnc1NCC(=O)Nc1cc(Cl)ccc1-n1cc(Cl)nn1. The maximum absolute atomic E-state index is 12.6. The lowest BCUT2D eigenvalue weighted by Gasteiger charge is -2.19. The molecule has 0 spiro atoms. The van der Waals surface area contributed by atoms with Gasteiger partial charge in [-0.05, 0) is 57.0 Å². The molecule has 33 heavy (non-hydrogen) atoms. The molecule has 0 bridgehead atoms. The summed E-state index contributed by atoms with van der Waals surface area (Å²) in [4.78, 5) is 29.0. The fourth-order valence-corrected chi connectivity index (χ4v) is 3.25. The Labute approximate surface area is 201 Å². The van der Waals surface area contributed by atoms with Crippen LogP contribution in [0.25, 0.3) is 5.69 Å². The number of aromatic nitrogens is 4. The number of anilines is 2. The van der Waals surface area contributed by atoms with E-state index >= 15 is 0 Å². The summed E-state index contributed by atoms with van der Waals surface area (Å²) in [5, 5.41) is 14.2. The molecule has 9 nitrogen and oxygen atoms in total. The highest BCUT2D eigenvalue weighted by Crippen LogP contribution is 2.25. The van der Waals surface area contributed by atoms with Crippen molar-refractivity contribution in [2.75, 3.05) is 17.2 Å². The second-order valence-corrected chi connectivity index (χ2v) is 8.97. The van der Waals surface area contributed by atoms with E-state index in [9.17, 15) is 9.59 Å². The molecule has 0 aliphatic carbocycles. The van der Waals surface area contributed by atoms with Crippen molar-refractivity contribution in [2.24, 2.45) is 0 Å². The number of hydrogen-bond acceptors (Lipinski definition) is 7. The van der Waals surface area contributed by atoms with Crippen molar-refractivity contribution in [2.45, 2.75) is 39.2 Å². The molecule has 0 aliphatic rings. The number of rotatable bonds is 8. The largest absolute Gasteiger partial charge is 0.460 e. The van der Waals surface area contributed by atoms with E-state index in [0.29, 0.717) is 28.6 Å². The molecule has 2 heterocycles. The fraction of sp³-hybridized carbons (Fsp3) is 0.318. The minimum Gasteiger partial charge on any atom is -0.460 e. The Balaban J connectivity index is 1.63. The van der Waals surface area contributed by atoms with Crippen LogP contribution in [0.15, 0.2) is 42.7 Å². The lowest BCUT2D eigenvalue weighted by molar-refractivity contribution is -0.154. The van der Waals surface area contributed by atoms with E-state index in [-0.39, 0.29) is 30.0 Å². The molecule has 0 fully saturated rings. The van der Waals surface area contributed by atoms with E-state index in [1.807, 2.05) is 26.8 Å². The van der Waals surface area contributed by atoms with Gasteiger partial charge in [0, 0.05) is 17.6 Å². The molecule has 0 aliphatic heterocycles. The number of hydrogen-bond donors (Lipinski definition) is 2. The van der Waals surface area contributed by atoms with E-state index in [1.165, 1.54) is 10.9 Å². The molecular weight excluding hydrogens is 467 g/mol. The third-order valence-electron chi connectivity index (χ3n) is 4.27. The zero-order valence-electron chi connectivity index (χ0n) is 18.4. The van der Waals surface area contributed by atoms with Crippen LogP contribution >= 0.6 is 23.2 Å². The highest BCUT2D eigenvalue weighted by Gasteiger charge is 2.17. The zero-order valence-corrected chi connectivity index (χ0v) is 19.9. The summed E-state index contributed by atoms with van der Waals surface area (Å²) in [5.74, 6) is -0.101. The van der Waals surface area contributed by atoms with Crippen molar-refractivity contribution in [3.8, 4) is 5.69 Å². The van der Waals surface area contributed by atoms with Crippen LogP contribution in [0.1, 0.15) is 32.8 Å². The fourth-order valence-electron chi connectivity index (χ4n) is 2.96. The van der Waals surface area contributed by atoms with Crippen LogP contribution in [-0.2, 0) is 20.7 Å². The van der Waals surface area contributed by atoms with Gasteiger partial charge in [-0.1, -0.05) is 34.5 Å². The highest BCUT2D eigenvalue weighted by molar-refractivity contribution is 6.31. The maximum atomic E-state index is 12.6. The lowest BCUT2D eigenvalue weighted by Crippen LogP contribution is -2.24. The molecule has 174 valence electrons. The molecule has 1 aromatic carbocycles. The Morgan fingerprint density at radius 2 is 1.97 bits per heavy atom. The summed E-state index contributed by atoms with van der Waals surface area (Å²) in [6, 6.07) is 8.60. The van der Waals surface area contributed by atoms with E-state index in [4.69, 9.17) is 27.9 Å². The molecule has 2 aromatic heterocycles. The zero-order chi connectivity index (χ0) is 24.0. The normalized spacial score (nSPS) is 11.2. The summed E-state index contributed by atoms with van der Waals surface area (Å²) >= 11 is 12.0. The molecular formula is C22H24Cl2N6O3. The first kappa shape index (κ1) is 24.5. The summed E-state index contributed by atoms with van der Waals surface area (Å²) in [7, 11) is 0. The summed E-state index contributed by atoms with van der Waals surface area (Å²) in [5.41, 5.74) is 1.27. The van der Waals surface area contributed by atoms with Crippen molar-refractivity contribution >= 4 is 46.6 Å². The van der Waals surface area contributed by atoms with Gasteiger partial charge in [-0.2, -0.15) is 0 Å². The Morgan fingerprint density at radius 3 is 2.67 bits per heavy atom. The van der Waals surface area contributed by atoms with Crippen molar-refractivity contribution in [1.29, 1.82) is 0 Å². The predicted octanol–water partition coefficient (Wildman–Crippen LogP) is 4.29. The number of pyridine rings is 1. The second kappa shape index (κ2) is 10.6. The Bertz CT molecular complexity index is 1140. The first-order valence-electron chi connectivity index (χ1n) is 10.2. The average Bonchev–Trinajstić information content (AvgIpc) is 3.16. The quantitative estimate of drug-likeness (QED) is 0.452. The average molecular weight is 491 g/mol. The topological polar surface area (TPSA) is 111 Å². The third kappa shape index (κ3) is 7.44. The number of halogens is 2. The molecule has 3 aromatic rings. The standard InChI is InChI=1S/C22H24Cl2N6O3/c1-22(2,3)33-20(32)9-6-14-5-4-10-25-21(14)26-12-19(31)27-16-11-15(23)7-8-17(16)30-13-18(24)28-29-30/h4-5,7-8,10-11,13H,6,9,12H2,1-3H3,(H,25,26)(H,27,31). The van der Waals surface area contributed by atoms with Gasteiger partial charge in [-0.25, -0.2) is 9.67 Å². The van der Waals surface area contributed by atoms with Gasteiger partial charge < -0.3 is 15.4 Å². The van der Waals surface area contributed by atoms with Gasteiger partial charge in [0.25, 0.3) is 0 Å². The Morgan fingerprint density at radius 1 is 1.18 bits per heavy atom. The van der Waals surface area contributed by atoms with Gasteiger partial charge in [0.1, 0.15) is 11.4 Å². The molecule has 1 amide bonds. The van der Waals surface area contributed by atoms with Crippen LogP contribution in [0.3, 0.4) is 0 Å². The van der Waals surface area contributed by atoms with Crippen molar-refractivity contribution in [3.63, 3.8) is 0 Å². The van der Waals surface area contributed by atoms with Crippen LogP contribution in [0.2, 0.25) is 10.2 Å². The molecule has 0 radical (unpaired) electrons. The number of nitrogens with one attached hydrogen (secondary N) is 2. The Hall–Kier alpha value is -3.17. The molecule has 3 rings (SSSR count). The highest BCUT2D eigenvalue weighted by atomic mass is 35.5. The number of nitrogens with zero attached hydrogens (tertiary/aromatic N) is 4. The summed E-state index contributed by atoms with van der Waals surface area (Å²) in [6.07, 6.45) is 3.76. The van der Waals surface area contributed by atoms with Crippen molar-refractivity contribution in [1.82, 2.24) is 20.0 Å². The van der Waals surface area contributed by atoms with Crippen LogP contribution < -0.4 is 10.6 Å². The van der Waals surface area contributed by atoms with Gasteiger partial charge in [-0.15, -0.1) is 5.10 Å². The number of esters is 1. The van der Waals surface area contributed by atoms with Gasteiger partial charge in [0.2, 0.25) is 5.91 Å². The monoisotopic (exact) mass is 490 g/mol. The third-order valence-corrected chi connectivity index (χ3v) is 4.68. The van der Waals surface area contributed by atoms with Crippen LogP contribution in [0.5, 0.6) is 0 Å². The number of carbonyl (C=O) groups excluding carboxylic acids is 2. The van der Waals surface area contributed by atoms with Gasteiger partial charge in [0.15, 0.2) is 5.15 Å². The van der Waals surface area contributed by atoms with E-state index in [0.717, 1.165) is 5.56 Å². The molecule has 0 saturated heterocycles. The Kier molecular flexibility index (Phi) is 7.88. The van der Waals surface area contributed by atoms with Crippen molar-refractivity contribution in [3.05, 3.63) is 58.5 Å². The molecule has 0 saturated carbocycles. The van der Waals surface area contributed by atoms with E-state index in [2.05, 4.69) is 25.9 Å². The molecule has 11 heteroatoms. The second-order valence-electron chi connectivity index (χ2n) is 8.15. The van der Waals surface area contributed by atoms with E-state index in [1.54, 1.807) is 30.5 Å². The number of amides is 1. The van der Waals surface area contributed by atoms with Gasteiger partial charge in [0.05, 0.1) is 24.1 Å². The minimum atomic E-state index is -0.540. The minimum absolute atomic E-state index is 0.0550. The predicted molar refractivity (Wildman–Crippen MR) is 127 cm³/mol. The number of ether oxygens (including phenoxy) is 1. The summed E-state index contributed by atoms with van der Waals surface area (Å²) < 4.78 is 6.79. The van der Waals surface area contributed by atoms with Gasteiger partial charge in [-0.3, -0.25) is 9.59 Å². The smallest absolute Gasteiger partial charge is 0.306 e. The molecule has 2 N–H and O–H groups in total. The number of carbonyl (C=O) groups is 2. The number of aryl methyl sites for hydroxylation is 1. The van der Waals surface area contributed by atoms with Crippen LogP contribution in [0, 0.1) is 0 Å². The maximum Gasteiger partial charge on any atom is 0.306 e. The first-order chi connectivity index (χ1) is 15.6. The van der Waals surface area contributed by atoms with E-state index < -0.39 is 5.60 Å². The number of benzene rings is 1. The summed E-state index contributed by atoms with van der Waals surface area (Å²) in [6.45, 7) is 5.41. The lowest BCUT2D eigenvalue weighted by atomic mass is 10.1. The molecule has 0 unspecified atom stereocenters. The van der Waals surface area contributed by atoms with Crippen LogP contribution in [0.4, 0.5) is 11.5 Å². The van der Waals surface area contributed by atoms with Crippen molar-refractivity contribution < 1.29 is 14.3 Å². The molecule has 0 atom stereocenters.